The molecule has 0 bridgehead atoms. The molecule has 0 unspecified atom stereocenters. The number of aryl methyl sites for hydroxylation is 2. The molecule has 0 amide bonds. The topological polar surface area (TPSA) is 44.9 Å². The third-order valence-electron chi connectivity index (χ3n) is 3.92. The fourth-order valence-electron chi connectivity index (χ4n) is 3.06. The summed E-state index contributed by atoms with van der Waals surface area (Å²) in [4.78, 5) is 2.20. The Bertz CT molecular complexity index is 449. The zero-order valence-electron chi connectivity index (χ0n) is 11.6. The molecule has 0 radical (unpaired) electrons. The van der Waals surface area contributed by atoms with E-state index in [0.29, 0.717) is 0 Å². The van der Waals surface area contributed by atoms with E-state index in [2.05, 4.69) is 23.1 Å². The van der Waals surface area contributed by atoms with Crippen LogP contribution in [-0.2, 0) is 7.05 Å². The number of hydrogen-bond acceptors (Lipinski definition) is 3. The molecule has 0 aromatic carbocycles. The van der Waals surface area contributed by atoms with Crippen LogP contribution in [0.5, 0.6) is 0 Å². The molecule has 1 aromatic heterocycles. The lowest BCUT2D eigenvalue weighted by Crippen LogP contribution is -2.28. The van der Waals surface area contributed by atoms with Crippen LogP contribution in [0, 0.1) is 24.2 Å². The van der Waals surface area contributed by atoms with Gasteiger partial charge in [0.2, 0.25) is 0 Å². The molecule has 1 aliphatic rings. The lowest BCUT2D eigenvalue weighted by molar-refractivity contribution is 0.361. The van der Waals surface area contributed by atoms with Crippen LogP contribution in [0.2, 0.25) is 0 Å². The van der Waals surface area contributed by atoms with Gasteiger partial charge in [0.25, 0.3) is 0 Å². The molecule has 2 rings (SSSR count). The molecule has 98 valence electrons. The van der Waals surface area contributed by atoms with Crippen molar-refractivity contribution in [3.8, 4) is 6.07 Å². The highest BCUT2D eigenvalue weighted by molar-refractivity contribution is 5.56. The van der Waals surface area contributed by atoms with Gasteiger partial charge in [-0.3, -0.25) is 4.68 Å². The van der Waals surface area contributed by atoms with Crippen molar-refractivity contribution >= 4 is 5.82 Å². The van der Waals surface area contributed by atoms with Gasteiger partial charge in [-0.05, 0) is 25.7 Å². The van der Waals surface area contributed by atoms with Gasteiger partial charge in [-0.15, -0.1) is 0 Å². The maximum Gasteiger partial charge on any atom is 0.144 e. The van der Waals surface area contributed by atoms with Gasteiger partial charge in [-0.25, -0.2) is 0 Å². The summed E-state index contributed by atoms with van der Waals surface area (Å²) in [5.41, 5.74) is 1.54. The van der Waals surface area contributed by atoms with E-state index in [1.54, 1.807) is 0 Å². The summed E-state index contributed by atoms with van der Waals surface area (Å²) in [6, 6.07) is 2.28. The summed E-state index contributed by atoms with van der Waals surface area (Å²) in [7, 11) is 3.99. The van der Waals surface area contributed by atoms with Crippen LogP contribution in [0.4, 0.5) is 5.82 Å². The fraction of sp³-hybridized carbons (Fsp3) is 0.714. The first-order chi connectivity index (χ1) is 8.63. The molecule has 0 spiro atoms. The van der Waals surface area contributed by atoms with Crippen LogP contribution in [0.1, 0.15) is 43.4 Å². The van der Waals surface area contributed by atoms with E-state index < -0.39 is 0 Å². The molecule has 1 aliphatic carbocycles. The number of anilines is 1. The first-order valence-electron chi connectivity index (χ1n) is 6.78. The van der Waals surface area contributed by atoms with E-state index in [0.717, 1.165) is 29.5 Å². The van der Waals surface area contributed by atoms with E-state index >= 15 is 0 Å². The quantitative estimate of drug-likeness (QED) is 0.823. The summed E-state index contributed by atoms with van der Waals surface area (Å²) >= 11 is 0. The molecule has 18 heavy (non-hydrogen) atoms. The van der Waals surface area contributed by atoms with Crippen molar-refractivity contribution in [2.45, 2.75) is 39.0 Å². The van der Waals surface area contributed by atoms with Gasteiger partial charge in [0.1, 0.15) is 17.5 Å². The molecule has 1 heterocycles. The Morgan fingerprint density at radius 2 is 2.06 bits per heavy atom. The average molecular weight is 246 g/mol. The van der Waals surface area contributed by atoms with Gasteiger partial charge in [0, 0.05) is 20.6 Å². The minimum Gasteiger partial charge on any atom is -0.359 e. The molecule has 0 aliphatic heterocycles. The molecule has 0 atom stereocenters. The molecule has 0 saturated heterocycles. The first kappa shape index (κ1) is 12.9. The van der Waals surface area contributed by atoms with Gasteiger partial charge in [0.15, 0.2) is 0 Å². The van der Waals surface area contributed by atoms with Gasteiger partial charge in [-0.2, -0.15) is 10.4 Å². The highest BCUT2D eigenvalue weighted by Crippen LogP contribution is 2.27. The Hall–Kier alpha value is -1.50. The van der Waals surface area contributed by atoms with Gasteiger partial charge in [-0.1, -0.05) is 19.3 Å². The van der Waals surface area contributed by atoms with Crippen LogP contribution in [0.3, 0.4) is 0 Å². The summed E-state index contributed by atoms with van der Waals surface area (Å²) in [5.74, 6) is 1.73. The molecule has 1 saturated carbocycles. The molecule has 4 heteroatoms. The Balaban J connectivity index is 2.13. The second-order valence-electron chi connectivity index (χ2n) is 5.40. The van der Waals surface area contributed by atoms with Crippen molar-refractivity contribution in [1.82, 2.24) is 9.78 Å². The van der Waals surface area contributed by atoms with Crippen LogP contribution < -0.4 is 4.90 Å². The van der Waals surface area contributed by atoms with Crippen LogP contribution >= 0.6 is 0 Å². The maximum absolute atomic E-state index is 9.24. The number of rotatable bonds is 3. The zero-order chi connectivity index (χ0) is 13.1. The number of hydrogen-bond donors (Lipinski definition) is 0. The molecular formula is C14H22N4. The predicted octanol–water partition coefficient (Wildman–Crippen LogP) is 2.62. The number of nitriles is 1. The SMILES string of the molecule is Cc1nn(C)c(N(C)CC2CCCCC2)c1C#N. The number of nitrogens with zero attached hydrogens (tertiary/aromatic N) is 4. The van der Waals surface area contributed by atoms with E-state index in [1.807, 2.05) is 18.7 Å². The van der Waals surface area contributed by atoms with E-state index in [9.17, 15) is 5.26 Å². The normalized spacial score (nSPS) is 16.6. The summed E-state index contributed by atoms with van der Waals surface area (Å²) in [6.07, 6.45) is 6.74. The van der Waals surface area contributed by atoms with Gasteiger partial charge < -0.3 is 4.90 Å². The highest BCUT2D eigenvalue weighted by Gasteiger charge is 2.20. The fourth-order valence-corrected chi connectivity index (χ4v) is 3.06. The van der Waals surface area contributed by atoms with E-state index in [-0.39, 0.29) is 0 Å². The highest BCUT2D eigenvalue weighted by atomic mass is 15.4. The van der Waals surface area contributed by atoms with Crippen molar-refractivity contribution in [3.05, 3.63) is 11.3 Å². The van der Waals surface area contributed by atoms with Crippen molar-refractivity contribution in [1.29, 1.82) is 5.26 Å². The van der Waals surface area contributed by atoms with Crippen LogP contribution in [0.25, 0.3) is 0 Å². The minimum absolute atomic E-state index is 0.718. The Morgan fingerprint density at radius 1 is 1.39 bits per heavy atom. The van der Waals surface area contributed by atoms with Crippen molar-refractivity contribution in [2.75, 3.05) is 18.5 Å². The Labute approximate surface area is 109 Å². The Morgan fingerprint density at radius 3 is 2.67 bits per heavy atom. The Kier molecular flexibility index (Phi) is 3.90. The number of aromatic nitrogens is 2. The van der Waals surface area contributed by atoms with Crippen molar-refractivity contribution in [3.63, 3.8) is 0 Å². The second kappa shape index (κ2) is 5.43. The molecular weight excluding hydrogens is 224 g/mol. The third kappa shape index (κ3) is 2.50. The standard InChI is InChI=1S/C14H22N4/c1-11-13(9-15)14(18(3)16-11)17(2)10-12-7-5-4-6-8-12/h12H,4-8,10H2,1-3H3. The monoisotopic (exact) mass is 246 g/mol. The van der Waals surface area contributed by atoms with Crippen molar-refractivity contribution < 1.29 is 0 Å². The second-order valence-corrected chi connectivity index (χ2v) is 5.40. The molecule has 0 N–H and O–H groups in total. The first-order valence-corrected chi connectivity index (χ1v) is 6.78. The zero-order valence-corrected chi connectivity index (χ0v) is 11.6. The molecule has 1 fully saturated rings. The minimum atomic E-state index is 0.718. The van der Waals surface area contributed by atoms with Gasteiger partial charge in [0.05, 0.1) is 5.69 Å². The average Bonchev–Trinajstić information content (AvgIpc) is 2.64. The van der Waals surface area contributed by atoms with Crippen LogP contribution in [0.15, 0.2) is 0 Å². The molecule has 4 nitrogen and oxygen atoms in total. The van der Waals surface area contributed by atoms with Crippen molar-refractivity contribution in [2.24, 2.45) is 13.0 Å². The summed E-state index contributed by atoms with van der Waals surface area (Å²) in [6.45, 7) is 2.93. The van der Waals surface area contributed by atoms with E-state index in [4.69, 9.17) is 0 Å². The smallest absolute Gasteiger partial charge is 0.144 e. The largest absolute Gasteiger partial charge is 0.359 e. The van der Waals surface area contributed by atoms with E-state index in [1.165, 1.54) is 32.1 Å². The molecule has 1 aromatic rings. The summed E-state index contributed by atoms with van der Waals surface area (Å²) in [5, 5.41) is 13.6. The van der Waals surface area contributed by atoms with Gasteiger partial charge >= 0.3 is 0 Å². The van der Waals surface area contributed by atoms with Crippen LogP contribution in [-0.4, -0.2) is 23.4 Å². The maximum atomic E-state index is 9.24. The predicted molar refractivity (Wildman–Crippen MR) is 72.5 cm³/mol. The lowest BCUT2D eigenvalue weighted by atomic mass is 9.89. The third-order valence-corrected chi connectivity index (χ3v) is 3.92. The summed E-state index contributed by atoms with van der Waals surface area (Å²) < 4.78 is 1.83. The lowest BCUT2D eigenvalue weighted by Gasteiger charge is -2.28.